The molecule has 2 heteroatoms. The zero-order valence-corrected chi connectivity index (χ0v) is 15.4. The van der Waals surface area contributed by atoms with Gasteiger partial charge in [0.15, 0.2) is 0 Å². The molecule has 0 N–H and O–H groups in total. The van der Waals surface area contributed by atoms with Gasteiger partial charge in [-0.05, 0) is 18.8 Å². The molecular formula is C18H38OP. The molecule has 0 bridgehead atoms. The maximum Gasteiger partial charge on any atom is 0.0883 e. The second-order valence-electron chi connectivity index (χ2n) is 6.48. The third-order valence-corrected chi connectivity index (χ3v) is 7.85. The Morgan fingerprint density at radius 1 is 0.850 bits per heavy atom. The predicted octanol–water partition coefficient (Wildman–Crippen LogP) is 6.62. The average Bonchev–Trinajstić information content (AvgIpc) is 2.47. The molecule has 1 nitrogen and oxygen atoms in total. The normalized spacial score (nSPS) is 17.6. The van der Waals surface area contributed by atoms with Crippen LogP contribution in [0.2, 0.25) is 0 Å². The topological polar surface area (TPSA) is 17.1 Å². The van der Waals surface area contributed by atoms with Gasteiger partial charge in [0.1, 0.15) is 0 Å². The van der Waals surface area contributed by atoms with E-state index in [1.54, 1.807) is 0 Å². The van der Waals surface area contributed by atoms with Crippen LogP contribution in [-0.2, 0) is 4.57 Å². The molecule has 0 fully saturated rings. The number of rotatable bonds is 13. The summed E-state index contributed by atoms with van der Waals surface area (Å²) in [6.07, 6.45) is 12.5. The van der Waals surface area contributed by atoms with Crippen LogP contribution in [-0.4, -0.2) is 18.5 Å². The lowest BCUT2D eigenvalue weighted by Gasteiger charge is -2.26. The van der Waals surface area contributed by atoms with Crippen molar-refractivity contribution in [1.29, 1.82) is 0 Å². The molecule has 0 amide bonds. The van der Waals surface area contributed by atoms with E-state index < -0.39 is 7.14 Å². The molecule has 0 aromatic rings. The quantitative estimate of drug-likeness (QED) is 0.349. The summed E-state index contributed by atoms with van der Waals surface area (Å²) < 4.78 is 13.2. The Bertz CT molecular complexity index is 240. The standard InChI is InChI=1S/C18H38OP/c1-6-11-13-17(8-3)15-20(19,10-5)16-18(9-4)14-12-7-2/h17-18H,5-16H2,1-4H3. The summed E-state index contributed by atoms with van der Waals surface area (Å²) in [6, 6.07) is 0. The molecular weight excluding hydrogens is 263 g/mol. The first kappa shape index (κ1) is 20.2. The van der Waals surface area contributed by atoms with E-state index in [9.17, 15) is 4.57 Å². The summed E-state index contributed by atoms with van der Waals surface area (Å²) in [5, 5.41) is 0. The minimum atomic E-state index is -2.04. The second kappa shape index (κ2) is 11.8. The Balaban J connectivity index is 4.51. The van der Waals surface area contributed by atoms with E-state index in [1.165, 1.54) is 51.4 Å². The van der Waals surface area contributed by atoms with Crippen molar-refractivity contribution in [3.05, 3.63) is 6.92 Å². The number of unbranched alkanes of at least 4 members (excludes halogenated alkanes) is 2. The zero-order chi connectivity index (χ0) is 15.4. The van der Waals surface area contributed by atoms with Crippen LogP contribution in [0.5, 0.6) is 0 Å². The zero-order valence-electron chi connectivity index (χ0n) is 14.5. The van der Waals surface area contributed by atoms with Gasteiger partial charge in [-0.25, -0.2) is 0 Å². The lowest BCUT2D eigenvalue weighted by Crippen LogP contribution is -2.14. The molecule has 0 aromatic carbocycles. The smallest absolute Gasteiger partial charge is 0.0883 e. The van der Waals surface area contributed by atoms with Crippen LogP contribution in [0.15, 0.2) is 0 Å². The van der Waals surface area contributed by atoms with Gasteiger partial charge < -0.3 is 4.57 Å². The van der Waals surface area contributed by atoms with Crippen molar-refractivity contribution in [2.75, 3.05) is 18.5 Å². The summed E-state index contributed by atoms with van der Waals surface area (Å²) in [4.78, 5) is 0. The number of hydrogen-bond acceptors (Lipinski definition) is 1. The maximum absolute atomic E-state index is 13.2. The highest BCUT2D eigenvalue weighted by molar-refractivity contribution is 7.64. The van der Waals surface area contributed by atoms with Gasteiger partial charge in [0.2, 0.25) is 0 Å². The molecule has 1 radical (unpaired) electrons. The Hall–Kier alpha value is 0.230. The van der Waals surface area contributed by atoms with Crippen molar-refractivity contribution in [1.82, 2.24) is 0 Å². The van der Waals surface area contributed by atoms with Crippen molar-refractivity contribution in [2.45, 2.75) is 79.1 Å². The average molecular weight is 301 g/mol. The van der Waals surface area contributed by atoms with Crippen LogP contribution < -0.4 is 0 Å². The van der Waals surface area contributed by atoms with Crippen LogP contribution in [0, 0.1) is 18.8 Å². The van der Waals surface area contributed by atoms with Crippen LogP contribution in [0.4, 0.5) is 0 Å². The van der Waals surface area contributed by atoms with E-state index in [0.717, 1.165) is 12.3 Å². The van der Waals surface area contributed by atoms with Crippen LogP contribution >= 0.6 is 7.14 Å². The molecule has 2 atom stereocenters. The summed E-state index contributed by atoms with van der Waals surface area (Å²) in [5.74, 6) is 1.32. The van der Waals surface area contributed by atoms with Crippen molar-refractivity contribution in [2.24, 2.45) is 11.8 Å². The maximum atomic E-state index is 13.2. The molecule has 2 unspecified atom stereocenters. The lowest BCUT2D eigenvalue weighted by molar-refractivity contribution is 0.463. The summed E-state index contributed by atoms with van der Waals surface area (Å²) in [7, 11) is -2.04. The van der Waals surface area contributed by atoms with Gasteiger partial charge in [-0.2, -0.15) is 0 Å². The van der Waals surface area contributed by atoms with E-state index in [1.807, 2.05) is 0 Å². The van der Waals surface area contributed by atoms with E-state index in [4.69, 9.17) is 0 Å². The highest BCUT2D eigenvalue weighted by Gasteiger charge is 2.26. The minimum absolute atomic E-state index is 0.659. The third-order valence-electron chi connectivity index (χ3n) is 4.68. The first-order chi connectivity index (χ1) is 9.55. The van der Waals surface area contributed by atoms with Crippen molar-refractivity contribution >= 4 is 7.14 Å². The molecule has 0 aliphatic rings. The molecule has 0 heterocycles. The molecule has 0 aromatic heterocycles. The van der Waals surface area contributed by atoms with Gasteiger partial charge in [0.05, 0.1) is 7.14 Å². The fourth-order valence-electron chi connectivity index (χ4n) is 3.03. The van der Waals surface area contributed by atoms with Gasteiger partial charge in [0, 0.05) is 18.5 Å². The van der Waals surface area contributed by atoms with Gasteiger partial charge in [-0.3, -0.25) is 0 Å². The van der Waals surface area contributed by atoms with Gasteiger partial charge in [-0.1, -0.05) is 79.1 Å². The highest BCUT2D eigenvalue weighted by atomic mass is 31.2. The Morgan fingerprint density at radius 3 is 1.50 bits per heavy atom. The van der Waals surface area contributed by atoms with Gasteiger partial charge >= 0.3 is 0 Å². The predicted molar refractivity (Wildman–Crippen MR) is 94.2 cm³/mol. The molecule has 0 aliphatic carbocycles. The molecule has 0 aliphatic heterocycles. The van der Waals surface area contributed by atoms with Crippen molar-refractivity contribution in [3.63, 3.8) is 0 Å². The van der Waals surface area contributed by atoms with Crippen LogP contribution in [0.1, 0.15) is 79.1 Å². The summed E-state index contributed by atoms with van der Waals surface area (Å²) in [6.45, 7) is 13.0. The van der Waals surface area contributed by atoms with E-state index in [2.05, 4.69) is 34.6 Å². The molecule has 0 saturated carbocycles. The van der Waals surface area contributed by atoms with Gasteiger partial charge in [0.25, 0.3) is 0 Å². The molecule has 0 rings (SSSR count). The fourth-order valence-corrected chi connectivity index (χ4v) is 6.31. The Morgan fingerprint density at radius 2 is 1.25 bits per heavy atom. The SMILES string of the molecule is [CH2]CP(=O)(CC(CC)CCCC)CC(CC)CCCC. The first-order valence-electron chi connectivity index (χ1n) is 8.91. The Kier molecular flexibility index (Phi) is 12.0. The van der Waals surface area contributed by atoms with Crippen LogP contribution in [0.25, 0.3) is 0 Å². The lowest BCUT2D eigenvalue weighted by atomic mass is 10.0. The Labute approximate surface area is 128 Å². The minimum Gasteiger partial charge on any atom is -0.324 e. The van der Waals surface area contributed by atoms with Crippen LogP contribution in [0.3, 0.4) is 0 Å². The number of hydrogen-bond donors (Lipinski definition) is 0. The third kappa shape index (κ3) is 8.50. The summed E-state index contributed by atoms with van der Waals surface area (Å²) in [5.41, 5.74) is 0. The molecule has 20 heavy (non-hydrogen) atoms. The highest BCUT2D eigenvalue weighted by Crippen LogP contribution is 2.50. The van der Waals surface area contributed by atoms with Gasteiger partial charge in [-0.15, -0.1) is 0 Å². The largest absolute Gasteiger partial charge is 0.324 e. The van der Waals surface area contributed by atoms with Crippen molar-refractivity contribution < 1.29 is 4.57 Å². The molecule has 0 saturated heterocycles. The van der Waals surface area contributed by atoms with E-state index in [-0.39, 0.29) is 0 Å². The van der Waals surface area contributed by atoms with E-state index in [0.29, 0.717) is 18.0 Å². The van der Waals surface area contributed by atoms with E-state index >= 15 is 0 Å². The first-order valence-corrected chi connectivity index (χ1v) is 11.2. The second-order valence-corrected chi connectivity index (χ2v) is 9.77. The molecule has 121 valence electrons. The fraction of sp³-hybridized carbons (Fsp3) is 0.944. The summed E-state index contributed by atoms with van der Waals surface area (Å²) >= 11 is 0. The molecule has 0 spiro atoms. The monoisotopic (exact) mass is 301 g/mol. The van der Waals surface area contributed by atoms with Crippen molar-refractivity contribution in [3.8, 4) is 0 Å².